The van der Waals surface area contributed by atoms with Crippen molar-refractivity contribution in [1.29, 1.82) is 0 Å². The summed E-state index contributed by atoms with van der Waals surface area (Å²) in [5.74, 6) is -0.00182. The minimum atomic E-state index is -3.92. The number of aryl methyl sites for hydroxylation is 1. The van der Waals surface area contributed by atoms with E-state index >= 15 is 0 Å². The minimum absolute atomic E-state index is 0.0896. The van der Waals surface area contributed by atoms with E-state index in [9.17, 15) is 13.2 Å². The SMILES string of the molecule is Cc1ccc(S(=O)(=O)Oc2ccc(C=C3SC(=S)N(c4ccccc4)C3=O)cc2)cc1. The largest absolute Gasteiger partial charge is 0.379 e. The molecule has 0 saturated carbocycles. The van der Waals surface area contributed by atoms with Crippen LogP contribution in [0.4, 0.5) is 5.69 Å². The number of hydrogen-bond donors (Lipinski definition) is 0. The summed E-state index contributed by atoms with van der Waals surface area (Å²) in [7, 11) is -3.92. The molecule has 1 fully saturated rings. The van der Waals surface area contributed by atoms with Crippen LogP contribution < -0.4 is 9.08 Å². The molecule has 0 radical (unpaired) electrons. The molecule has 1 aliphatic heterocycles. The lowest BCUT2D eigenvalue weighted by Gasteiger charge is -2.13. The lowest BCUT2D eigenvalue weighted by Crippen LogP contribution is -2.27. The maximum atomic E-state index is 12.8. The van der Waals surface area contributed by atoms with Gasteiger partial charge in [-0.1, -0.05) is 72.0 Å². The standard InChI is InChI=1S/C23H17NO4S3/c1-16-7-13-20(14-8-16)31(26,27)28-19-11-9-17(10-12-19)15-21-22(25)24(23(29)30-21)18-5-3-2-4-6-18/h2-15H,1H3. The Morgan fingerprint density at radius 3 is 2.23 bits per heavy atom. The van der Waals surface area contributed by atoms with Gasteiger partial charge in [0.25, 0.3) is 5.91 Å². The molecule has 156 valence electrons. The Hall–Kier alpha value is -2.94. The number of carbonyl (C=O) groups is 1. The molecule has 0 unspecified atom stereocenters. The zero-order chi connectivity index (χ0) is 22.0. The third-order valence-electron chi connectivity index (χ3n) is 4.50. The van der Waals surface area contributed by atoms with Gasteiger partial charge in [0.1, 0.15) is 10.6 Å². The van der Waals surface area contributed by atoms with Crippen LogP contribution in [0, 0.1) is 6.92 Å². The van der Waals surface area contributed by atoms with Crippen molar-refractivity contribution in [3.05, 3.63) is 94.9 Å². The summed E-state index contributed by atoms with van der Waals surface area (Å²) in [5, 5.41) is 0. The molecule has 0 N–H and O–H groups in total. The molecule has 1 heterocycles. The van der Waals surface area contributed by atoms with E-state index in [1.165, 1.54) is 28.8 Å². The van der Waals surface area contributed by atoms with Gasteiger partial charge < -0.3 is 4.18 Å². The Labute approximate surface area is 190 Å². The van der Waals surface area contributed by atoms with Crippen LogP contribution in [0.25, 0.3) is 6.08 Å². The van der Waals surface area contributed by atoms with Crippen LogP contribution in [0.5, 0.6) is 5.75 Å². The topological polar surface area (TPSA) is 63.7 Å². The van der Waals surface area contributed by atoms with Crippen molar-refractivity contribution < 1.29 is 17.4 Å². The second-order valence-corrected chi connectivity index (χ2v) is 9.99. The van der Waals surface area contributed by atoms with Gasteiger partial charge in [0.2, 0.25) is 0 Å². The Balaban J connectivity index is 1.51. The van der Waals surface area contributed by atoms with Gasteiger partial charge >= 0.3 is 10.1 Å². The quantitative estimate of drug-likeness (QED) is 0.293. The molecular weight excluding hydrogens is 450 g/mol. The van der Waals surface area contributed by atoms with Crippen LogP contribution in [-0.2, 0) is 14.9 Å². The van der Waals surface area contributed by atoms with E-state index < -0.39 is 10.1 Å². The highest BCUT2D eigenvalue weighted by Gasteiger charge is 2.33. The second kappa shape index (κ2) is 8.66. The van der Waals surface area contributed by atoms with Gasteiger partial charge in [-0.2, -0.15) is 8.42 Å². The molecule has 3 aromatic carbocycles. The maximum Gasteiger partial charge on any atom is 0.339 e. The molecule has 0 aromatic heterocycles. The number of anilines is 1. The van der Waals surface area contributed by atoms with Crippen LogP contribution in [0.3, 0.4) is 0 Å². The first-order valence-electron chi connectivity index (χ1n) is 9.28. The number of nitrogens with zero attached hydrogens (tertiary/aromatic N) is 1. The highest BCUT2D eigenvalue weighted by atomic mass is 32.2. The molecule has 1 saturated heterocycles. The van der Waals surface area contributed by atoms with Crippen LogP contribution in [-0.4, -0.2) is 18.6 Å². The van der Waals surface area contributed by atoms with E-state index in [0.29, 0.717) is 9.23 Å². The number of rotatable bonds is 5. The smallest absolute Gasteiger partial charge is 0.339 e. The van der Waals surface area contributed by atoms with Crippen molar-refractivity contribution in [2.24, 2.45) is 0 Å². The number of thioether (sulfide) groups is 1. The molecule has 1 aliphatic rings. The average molecular weight is 468 g/mol. The molecule has 8 heteroatoms. The normalized spacial score (nSPS) is 15.5. The van der Waals surface area contributed by atoms with Crippen molar-refractivity contribution in [2.45, 2.75) is 11.8 Å². The molecule has 1 amide bonds. The Morgan fingerprint density at radius 1 is 0.935 bits per heavy atom. The van der Waals surface area contributed by atoms with E-state index in [1.54, 1.807) is 42.5 Å². The van der Waals surface area contributed by atoms with Gasteiger partial charge in [-0.3, -0.25) is 9.69 Å². The number of hydrogen-bond acceptors (Lipinski definition) is 6. The summed E-state index contributed by atoms with van der Waals surface area (Å²) in [6.07, 6.45) is 1.72. The summed E-state index contributed by atoms with van der Waals surface area (Å²) in [4.78, 5) is 14.9. The number of thiocarbonyl (C=S) groups is 1. The zero-order valence-corrected chi connectivity index (χ0v) is 18.8. The first kappa shape index (κ1) is 21.3. The Morgan fingerprint density at radius 2 is 1.58 bits per heavy atom. The molecule has 0 aliphatic carbocycles. The average Bonchev–Trinajstić information content (AvgIpc) is 3.03. The highest BCUT2D eigenvalue weighted by molar-refractivity contribution is 8.27. The first-order chi connectivity index (χ1) is 14.8. The fourth-order valence-corrected chi connectivity index (χ4v) is 5.15. The van der Waals surface area contributed by atoms with E-state index in [4.69, 9.17) is 16.4 Å². The third kappa shape index (κ3) is 4.71. The van der Waals surface area contributed by atoms with Crippen molar-refractivity contribution in [2.75, 3.05) is 4.90 Å². The summed E-state index contributed by atoms with van der Waals surface area (Å²) in [5.41, 5.74) is 2.41. The molecule has 0 spiro atoms. The molecule has 0 bridgehead atoms. The van der Waals surface area contributed by atoms with E-state index in [-0.39, 0.29) is 16.6 Å². The number of benzene rings is 3. The van der Waals surface area contributed by atoms with Crippen molar-refractivity contribution in [3.8, 4) is 5.75 Å². The fourth-order valence-electron chi connectivity index (χ4n) is 2.92. The lowest BCUT2D eigenvalue weighted by molar-refractivity contribution is -0.113. The monoisotopic (exact) mass is 467 g/mol. The molecule has 3 aromatic rings. The van der Waals surface area contributed by atoms with Crippen molar-refractivity contribution >= 4 is 56.1 Å². The van der Waals surface area contributed by atoms with Gasteiger partial charge in [0.05, 0.1) is 10.6 Å². The van der Waals surface area contributed by atoms with E-state index in [0.717, 1.165) is 16.8 Å². The Bertz CT molecular complexity index is 1270. The van der Waals surface area contributed by atoms with Crippen molar-refractivity contribution in [3.63, 3.8) is 0 Å². The lowest BCUT2D eigenvalue weighted by atomic mass is 10.2. The highest BCUT2D eigenvalue weighted by Crippen LogP contribution is 2.36. The van der Waals surface area contributed by atoms with Crippen LogP contribution >= 0.6 is 24.0 Å². The van der Waals surface area contributed by atoms with E-state index in [1.807, 2.05) is 37.3 Å². The van der Waals surface area contributed by atoms with Gasteiger partial charge in [-0.05, 0) is 55.0 Å². The van der Waals surface area contributed by atoms with Gasteiger partial charge in [-0.25, -0.2) is 0 Å². The van der Waals surface area contributed by atoms with Crippen molar-refractivity contribution in [1.82, 2.24) is 0 Å². The maximum absolute atomic E-state index is 12.8. The molecule has 4 rings (SSSR count). The zero-order valence-electron chi connectivity index (χ0n) is 16.4. The Kier molecular flexibility index (Phi) is 5.95. The van der Waals surface area contributed by atoms with Crippen LogP contribution in [0.1, 0.15) is 11.1 Å². The second-order valence-electron chi connectivity index (χ2n) is 6.77. The summed E-state index contributed by atoms with van der Waals surface area (Å²) in [6.45, 7) is 1.88. The number of amides is 1. The van der Waals surface area contributed by atoms with E-state index in [2.05, 4.69) is 0 Å². The van der Waals surface area contributed by atoms with Gasteiger partial charge in [0, 0.05) is 0 Å². The van der Waals surface area contributed by atoms with Crippen LogP contribution in [0.15, 0.2) is 88.7 Å². The number of para-hydroxylation sites is 1. The van der Waals surface area contributed by atoms with Gasteiger partial charge in [0.15, 0.2) is 4.32 Å². The molecular formula is C23H17NO4S3. The minimum Gasteiger partial charge on any atom is -0.379 e. The summed E-state index contributed by atoms with van der Waals surface area (Å²) in [6, 6.07) is 22.1. The first-order valence-corrected chi connectivity index (χ1v) is 11.9. The number of carbonyl (C=O) groups excluding carboxylic acids is 1. The summed E-state index contributed by atoms with van der Waals surface area (Å²) >= 11 is 6.59. The predicted molar refractivity (Wildman–Crippen MR) is 128 cm³/mol. The van der Waals surface area contributed by atoms with Crippen LogP contribution in [0.2, 0.25) is 0 Å². The molecule has 5 nitrogen and oxygen atoms in total. The third-order valence-corrected chi connectivity index (χ3v) is 7.07. The fraction of sp³-hybridized carbons (Fsp3) is 0.0435. The molecule has 31 heavy (non-hydrogen) atoms. The molecule has 0 atom stereocenters. The summed E-state index contributed by atoms with van der Waals surface area (Å²) < 4.78 is 30.5. The predicted octanol–water partition coefficient (Wildman–Crippen LogP) is 5.17. The van der Waals surface area contributed by atoms with Gasteiger partial charge in [-0.15, -0.1) is 0 Å².